The first-order valence-electron chi connectivity index (χ1n) is 7.07. The molecule has 0 aromatic heterocycles. The molecule has 3 nitrogen and oxygen atoms in total. The Morgan fingerprint density at radius 3 is 2.35 bits per heavy atom. The molecule has 1 aromatic rings. The summed E-state index contributed by atoms with van der Waals surface area (Å²) in [6, 6.07) is 3.96. The van der Waals surface area contributed by atoms with Crippen molar-refractivity contribution in [2.24, 2.45) is 17.1 Å². The van der Waals surface area contributed by atoms with Crippen LogP contribution in [0.1, 0.15) is 44.7 Å². The van der Waals surface area contributed by atoms with Gasteiger partial charge in [0.1, 0.15) is 0 Å². The lowest BCUT2D eigenvalue weighted by molar-refractivity contribution is 0.221. The predicted molar refractivity (Wildman–Crippen MR) is 85.3 cm³/mol. The number of ether oxygens (including phenoxy) is 2. The van der Waals surface area contributed by atoms with Crippen LogP contribution < -0.4 is 15.2 Å². The van der Waals surface area contributed by atoms with Crippen molar-refractivity contribution in [3.05, 3.63) is 22.2 Å². The lowest BCUT2D eigenvalue weighted by Crippen LogP contribution is -2.29. The van der Waals surface area contributed by atoms with Crippen LogP contribution in [0.2, 0.25) is 0 Å². The average Bonchev–Trinajstić information content (AvgIpc) is 2.77. The summed E-state index contributed by atoms with van der Waals surface area (Å²) in [6.07, 6.45) is 3.70. The highest BCUT2D eigenvalue weighted by molar-refractivity contribution is 9.10. The van der Waals surface area contributed by atoms with Gasteiger partial charge in [-0.05, 0) is 41.9 Å². The maximum Gasteiger partial charge on any atom is 0.161 e. The molecular weight excluding hydrogens is 318 g/mol. The molecule has 2 atom stereocenters. The zero-order valence-electron chi connectivity index (χ0n) is 12.7. The van der Waals surface area contributed by atoms with Gasteiger partial charge in [-0.15, -0.1) is 0 Å². The first kappa shape index (κ1) is 15.6. The zero-order valence-corrected chi connectivity index (χ0v) is 14.3. The van der Waals surface area contributed by atoms with Crippen LogP contribution in [0.25, 0.3) is 0 Å². The third-order valence-corrected chi connectivity index (χ3v) is 5.32. The van der Waals surface area contributed by atoms with E-state index in [-0.39, 0.29) is 6.04 Å². The van der Waals surface area contributed by atoms with Crippen LogP contribution in [-0.4, -0.2) is 14.2 Å². The topological polar surface area (TPSA) is 44.5 Å². The van der Waals surface area contributed by atoms with Crippen LogP contribution in [0.5, 0.6) is 11.5 Å². The second-order valence-electron chi connectivity index (χ2n) is 6.24. The molecule has 2 rings (SSSR count). The van der Waals surface area contributed by atoms with Crippen molar-refractivity contribution in [1.29, 1.82) is 0 Å². The molecule has 0 spiro atoms. The van der Waals surface area contributed by atoms with Crippen LogP contribution in [0.4, 0.5) is 0 Å². The summed E-state index contributed by atoms with van der Waals surface area (Å²) in [5.41, 5.74) is 7.96. The molecule has 4 heteroatoms. The molecule has 1 fully saturated rings. The van der Waals surface area contributed by atoms with E-state index in [2.05, 4.69) is 29.8 Å². The normalized spacial score (nSPS) is 22.6. The van der Waals surface area contributed by atoms with Gasteiger partial charge in [0.25, 0.3) is 0 Å². The maximum absolute atomic E-state index is 6.57. The van der Waals surface area contributed by atoms with Gasteiger partial charge in [0.2, 0.25) is 0 Å². The zero-order chi connectivity index (χ0) is 14.9. The van der Waals surface area contributed by atoms with E-state index in [1.165, 1.54) is 19.3 Å². The minimum atomic E-state index is 0.0154. The number of methoxy groups -OCH3 is 2. The van der Waals surface area contributed by atoms with Crippen LogP contribution >= 0.6 is 15.9 Å². The van der Waals surface area contributed by atoms with Gasteiger partial charge in [-0.3, -0.25) is 0 Å². The Kier molecular flexibility index (Phi) is 4.65. The van der Waals surface area contributed by atoms with Gasteiger partial charge in [-0.25, -0.2) is 0 Å². The number of nitrogens with two attached hydrogens (primary N) is 1. The molecule has 0 saturated heterocycles. The highest BCUT2D eigenvalue weighted by Gasteiger charge is 2.39. The van der Waals surface area contributed by atoms with E-state index >= 15 is 0 Å². The van der Waals surface area contributed by atoms with Crippen molar-refractivity contribution in [3.8, 4) is 11.5 Å². The second-order valence-corrected chi connectivity index (χ2v) is 7.10. The third kappa shape index (κ3) is 2.82. The van der Waals surface area contributed by atoms with E-state index in [4.69, 9.17) is 15.2 Å². The van der Waals surface area contributed by atoms with Crippen LogP contribution in [0.15, 0.2) is 16.6 Å². The molecule has 0 bridgehead atoms. The van der Waals surface area contributed by atoms with Crippen LogP contribution in [0, 0.1) is 11.3 Å². The molecule has 2 N–H and O–H groups in total. The maximum atomic E-state index is 6.57. The van der Waals surface area contributed by atoms with Crippen molar-refractivity contribution < 1.29 is 9.47 Å². The molecular formula is C16H24BrNO2. The summed E-state index contributed by atoms with van der Waals surface area (Å²) in [5.74, 6) is 1.95. The predicted octanol–water partition coefficient (Wildman–Crippen LogP) is 4.29. The number of hydrogen-bond acceptors (Lipinski definition) is 3. The molecule has 0 heterocycles. The van der Waals surface area contributed by atoms with Crippen molar-refractivity contribution in [2.45, 2.75) is 39.2 Å². The minimum Gasteiger partial charge on any atom is -0.493 e. The first-order valence-corrected chi connectivity index (χ1v) is 7.87. The monoisotopic (exact) mass is 341 g/mol. The summed E-state index contributed by atoms with van der Waals surface area (Å²) in [4.78, 5) is 0. The van der Waals surface area contributed by atoms with E-state index in [9.17, 15) is 0 Å². The molecule has 2 unspecified atom stereocenters. The molecule has 0 radical (unpaired) electrons. The molecule has 1 aliphatic rings. The second kappa shape index (κ2) is 5.94. The van der Waals surface area contributed by atoms with E-state index in [1.807, 2.05) is 12.1 Å². The Morgan fingerprint density at radius 1 is 1.25 bits per heavy atom. The SMILES string of the molecule is COc1cc(Br)c(C(N)C2CCCC2(C)C)cc1OC. The number of rotatable bonds is 4. The summed E-state index contributed by atoms with van der Waals surface area (Å²) in [6.45, 7) is 4.64. The standard InChI is InChI=1S/C16H24BrNO2/c1-16(2)7-5-6-11(16)15(18)10-8-13(19-3)14(20-4)9-12(10)17/h8-9,11,15H,5-7,18H2,1-4H3. The summed E-state index contributed by atoms with van der Waals surface area (Å²) >= 11 is 3.62. The summed E-state index contributed by atoms with van der Waals surface area (Å²) in [5, 5.41) is 0. The van der Waals surface area contributed by atoms with Gasteiger partial charge in [0.05, 0.1) is 14.2 Å². The lowest BCUT2D eigenvalue weighted by Gasteiger charge is -2.33. The minimum absolute atomic E-state index is 0.0154. The van der Waals surface area contributed by atoms with Gasteiger partial charge >= 0.3 is 0 Å². The Hall–Kier alpha value is -0.740. The number of hydrogen-bond donors (Lipinski definition) is 1. The van der Waals surface area contributed by atoms with Gasteiger partial charge in [-0.1, -0.05) is 36.2 Å². The molecule has 1 aliphatic carbocycles. The average molecular weight is 342 g/mol. The fourth-order valence-electron chi connectivity index (χ4n) is 3.36. The van der Waals surface area contributed by atoms with Gasteiger partial charge < -0.3 is 15.2 Å². The van der Waals surface area contributed by atoms with Crippen LogP contribution in [0.3, 0.4) is 0 Å². The fourth-order valence-corrected chi connectivity index (χ4v) is 3.95. The first-order chi connectivity index (χ1) is 9.40. The van der Waals surface area contributed by atoms with E-state index in [1.54, 1.807) is 14.2 Å². The molecule has 1 saturated carbocycles. The quantitative estimate of drug-likeness (QED) is 0.888. The molecule has 0 amide bonds. The molecule has 1 aromatic carbocycles. The Bertz CT molecular complexity index is 488. The van der Waals surface area contributed by atoms with Crippen molar-refractivity contribution >= 4 is 15.9 Å². The Labute approximate surface area is 130 Å². The molecule has 112 valence electrons. The Balaban J connectivity index is 2.37. The third-order valence-electron chi connectivity index (χ3n) is 4.64. The highest BCUT2D eigenvalue weighted by atomic mass is 79.9. The number of halogens is 1. The number of benzene rings is 1. The largest absolute Gasteiger partial charge is 0.493 e. The van der Waals surface area contributed by atoms with Crippen molar-refractivity contribution in [2.75, 3.05) is 14.2 Å². The summed E-state index contributed by atoms with van der Waals surface area (Å²) in [7, 11) is 3.30. The highest BCUT2D eigenvalue weighted by Crippen LogP contribution is 2.49. The van der Waals surface area contributed by atoms with Crippen molar-refractivity contribution in [1.82, 2.24) is 0 Å². The van der Waals surface area contributed by atoms with E-state index < -0.39 is 0 Å². The molecule has 20 heavy (non-hydrogen) atoms. The smallest absolute Gasteiger partial charge is 0.161 e. The van der Waals surface area contributed by atoms with Gasteiger partial charge in [-0.2, -0.15) is 0 Å². The lowest BCUT2D eigenvalue weighted by atomic mass is 9.76. The van der Waals surface area contributed by atoms with Crippen LogP contribution in [-0.2, 0) is 0 Å². The fraction of sp³-hybridized carbons (Fsp3) is 0.625. The van der Waals surface area contributed by atoms with Gasteiger partial charge in [0.15, 0.2) is 11.5 Å². The van der Waals surface area contributed by atoms with Crippen molar-refractivity contribution in [3.63, 3.8) is 0 Å². The Morgan fingerprint density at radius 2 is 1.85 bits per heavy atom. The van der Waals surface area contributed by atoms with E-state index in [0.717, 1.165) is 21.5 Å². The van der Waals surface area contributed by atoms with E-state index in [0.29, 0.717) is 11.3 Å². The van der Waals surface area contributed by atoms with Gasteiger partial charge in [0, 0.05) is 10.5 Å². The summed E-state index contributed by atoms with van der Waals surface area (Å²) < 4.78 is 11.7. The molecule has 0 aliphatic heterocycles.